The number of hydrogen-bond donors (Lipinski definition) is 1. The number of thiazole rings is 1. The van der Waals surface area contributed by atoms with Crippen molar-refractivity contribution < 1.29 is 9.84 Å². The first-order valence-corrected chi connectivity index (χ1v) is 8.19. The lowest BCUT2D eigenvalue weighted by molar-refractivity contribution is -0.0582. The number of nitrogens with zero attached hydrogens (tertiary/aromatic N) is 1. The number of aryl methyl sites for hydroxylation is 1. The zero-order chi connectivity index (χ0) is 13.5. The molecule has 1 fully saturated rings. The summed E-state index contributed by atoms with van der Waals surface area (Å²) in [5.41, 5.74) is 0.736. The van der Waals surface area contributed by atoms with E-state index in [0.29, 0.717) is 5.92 Å². The van der Waals surface area contributed by atoms with Crippen molar-refractivity contribution in [3.8, 4) is 0 Å². The van der Waals surface area contributed by atoms with Gasteiger partial charge in [0.2, 0.25) is 0 Å². The van der Waals surface area contributed by atoms with Crippen LogP contribution in [0.3, 0.4) is 0 Å². The molecule has 0 aliphatic heterocycles. The molecule has 3 unspecified atom stereocenters. The van der Waals surface area contributed by atoms with E-state index >= 15 is 0 Å². The quantitative estimate of drug-likeness (QED) is 0.901. The summed E-state index contributed by atoms with van der Waals surface area (Å²) in [6, 6.07) is 0. The van der Waals surface area contributed by atoms with Gasteiger partial charge in [0.05, 0.1) is 11.8 Å². The zero-order valence-electron chi connectivity index (χ0n) is 11.8. The van der Waals surface area contributed by atoms with Crippen molar-refractivity contribution in [2.75, 3.05) is 7.11 Å². The molecule has 3 atom stereocenters. The Morgan fingerprint density at radius 2 is 2.21 bits per heavy atom. The number of aliphatic hydroxyl groups excluding tert-OH is 1. The highest BCUT2D eigenvalue weighted by atomic mass is 32.1. The lowest BCUT2D eigenvalue weighted by Crippen LogP contribution is -2.34. The molecule has 2 aliphatic rings. The van der Waals surface area contributed by atoms with E-state index in [1.54, 1.807) is 11.3 Å². The Hall–Kier alpha value is -0.450. The molecule has 0 spiro atoms. The number of fused-ring (bicyclic) bond motifs is 1. The number of aliphatic hydroxyl groups is 1. The lowest BCUT2D eigenvalue weighted by atomic mass is 9.79. The van der Waals surface area contributed by atoms with Gasteiger partial charge in [-0.05, 0) is 44.4 Å². The minimum atomic E-state index is -0.358. The normalized spacial score (nSPS) is 35.1. The Kier molecular flexibility index (Phi) is 3.67. The summed E-state index contributed by atoms with van der Waals surface area (Å²) in [4.78, 5) is 6.06. The maximum absolute atomic E-state index is 10.1. The van der Waals surface area contributed by atoms with Crippen LogP contribution in [0.15, 0.2) is 0 Å². The van der Waals surface area contributed by atoms with Crippen molar-refractivity contribution in [3.63, 3.8) is 0 Å². The van der Waals surface area contributed by atoms with Gasteiger partial charge in [-0.25, -0.2) is 4.98 Å². The van der Waals surface area contributed by atoms with E-state index in [4.69, 9.17) is 9.72 Å². The van der Waals surface area contributed by atoms with E-state index in [1.807, 2.05) is 7.11 Å². The minimum Gasteiger partial charge on any atom is -0.387 e. The molecule has 3 nitrogen and oxygen atoms in total. The number of rotatable bonds is 2. The number of methoxy groups -OCH3 is 1. The molecular weight excluding hydrogens is 258 g/mol. The second-order valence-electron chi connectivity index (χ2n) is 6.14. The fourth-order valence-corrected chi connectivity index (χ4v) is 4.93. The van der Waals surface area contributed by atoms with Crippen LogP contribution in [-0.4, -0.2) is 17.2 Å². The molecule has 1 aromatic heterocycles. The monoisotopic (exact) mass is 281 g/mol. The molecule has 0 bridgehead atoms. The average molecular weight is 281 g/mol. The summed E-state index contributed by atoms with van der Waals surface area (Å²) in [5, 5.41) is 11.2. The molecule has 1 aromatic rings. The molecule has 0 amide bonds. The lowest BCUT2D eigenvalue weighted by Gasteiger charge is -2.37. The number of aromatic nitrogens is 1. The van der Waals surface area contributed by atoms with Crippen LogP contribution >= 0.6 is 11.3 Å². The summed E-state index contributed by atoms with van der Waals surface area (Å²) in [5.74, 6) is 0.694. The summed E-state index contributed by atoms with van der Waals surface area (Å²) in [6.45, 7) is 2.30. The maximum atomic E-state index is 10.1. The first-order valence-electron chi connectivity index (χ1n) is 7.38. The molecule has 106 valence electrons. The third-order valence-electron chi connectivity index (χ3n) is 4.66. The van der Waals surface area contributed by atoms with Crippen LogP contribution in [0, 0.1) is 5.92 Å². The van der Waals surface area contributed by atoms with Crippen LogP contribution in [0.4, 0.5) is 0 Å². The summed E-state index contributed by atoms with van der Waals surface area (Å²) in [6.07, 6.45) is 7.27. The minimum absolute atomic E-state index is 0.195. The second-order valence-corrected chi connectivity index (χ2v) is 7.22. The number of hydrogen-bond acceptors (Lipinski definition) is 4. The summed E-state index contributed by atoms with van der Waals surface area (Å²) >= 11 is 1.77. The van der Waals surface area contributed by atoms with Crippen LogP contribution in [0.2, 0.25) is 0 Å². The third-order valence-corrected chi connectivity index (χ3v) is 5.98. The van der Waals surface area contributed by atoms with Crippen LogP contribution in [-0.2, 0) is 16.8 Å². The van der Waals surface area contributed by atoms with Gasteiger partial charge in [0.1, 0.15) is 10.6 Å². The molecule has 4 heteroatoms. The summed E-state index contributed by atoms with van der Waals surface area (Å²) in [7, 11) is 1.81. The van der Waals surface area contributed by atoms with Crippen molar-refractivity contribution in [1.29, 1.82) is 0 Å². The van der Waals surface area contributed by atoms with Crippen LogP contribution in [0.5, 0.6) is 0 Å². The van der Waals surface area contributed by atoms with Crippen LogP contribution in [0.1, 0.15) is 67.1 Å². The highest BCUT2D eigenvalue weighted by molar-refractivity contribution is 7.11. The highest BCUT2D eigenvalue weighted by Crippen LogP contribution is 2.46. The van der Waals surface area contributed by atoms with E-state index in [1.165, 1.54) is 17.7 Å². The number of ether oxygens (including phenoxy) is 1. The van der Waals surface area contributed by atoms with Gasteiger partial charge in [0, 0.05) is 12.0 Å². The first kappa shape index (κ1) is 13.5. The molecule has 2 aliphatic carbocycles. The Labute approximate surface area is 119 Å². The Morgan fingerprint density at radius 1 is 1.37 bits per heavy atom. The van der Waals surface area contributed by atoms with Crippen molar-refractivity contribution in [1.82, 2.24) is 4.98 Å². The van der Waals surface area contributed by atoms with Gasteiger partial charge >= 0.3 is 0 Å². The topological polar surface area (TPSA) is 42.4 Å². The molecule has 1 saturated carbocycles. The van der Waals surface area contributed by atoms with E-state index in [0.717, 1.165) is 42.8 Å². The molecule has 3 rings (SSSR count). The standard InChI is InChI=1S/C15H23NO2S/c1-10-5-4-8-15(9-10,18-2)14-16-13-11(17)6-3-7-12(13)19-14/h10-11,17H,3-9H2,1-2H3. The highest BCUT2D eigenvalue weighted by Gasteiger charge is 2.40. The Morgan fingerprint density at radius 3 is 2.89 bits per heavy atom. The SMILES string of the molecule is COC1(c2nc3c(s2)CCCC3O)CCCC(C)C1. The molecule has 1 heterocycles. The van der Waals surface area contributed by atoms with E-state index in [9.17, 15) is 5.11 Å². The smallest absolute Gasteiger partial charge is 0.125 e. The Bertz CT molecular complexity index is 459. The van der Waals surface area contributed by atoms with Crippen molar-refractivity contribution in [2.24, 2.45) is 5.92 Å². The van der Waals surface area contributed by atoms with Gasteiger partial charge in [-0.2, -0.15) is 0 Å². The predicted molar refractivity (Wildman–Crippen MR) is 76.3 cm³/mol. The largest absolute Gasteiger partial charge is 0.387 e. The molecular formula is C15H23NO2S. The van der Waals surface area contributed by atoms with Crippen molar-refractivity contribution in [2.45, 2.75) is 63.6 Å². The van der Waals surface area contributed by atoms with Gasteiger partial charge in [0.15, 0.2) is 0 Å². The van der Waals surface area contributed by atoms with Gasteiger partial charge in [-0.1, -0.05) is 13.3 Å². The molecule has 1 N–H and O–H groups in total. The summed E-state index contributed by atoms with van der Waals surface area (Å²) < 4.78 is 5.91. The van der Waals surface area contributed by atoms with Gasteiger partial charge in [-0.15, -0.1) is 11.3 Å². The molecule has 0 radical (unpaired) electrons. The molecule has 0 aromatic carbocycles. The van der Waals surface area contributed by atoms with Crippen LogP contribution < -0.4 is 0 Å². The molecule has 0 saturated heterocycles. The van der Waals surface area contributed by atoms with Gasteiger partial charge < -0.3 is 9.84 Å². The fraction of sp³-hybridized carbons (Fsp3) is 0.800. The van der Waals surface area contributed by atoms with Crippen molar-refractivity contribution >= 4 is 11.3 Å². The van der Waals surface area contributed by atoms with Crippen LogP contribution in [0.25, 0.3) is 0 Å². The van der Waals surface area contributed by atoms with Crippen molar-refractivity contribution in [3.05, 3.63) is 15.6 Å². The predicted octanol–water partition coefficient (Wildman–Crippen LogP) is 3.56. The second kappa shape index (κ2) is 5.15. The van der Waals surface area contributed by atoms with E-state index < -0.39 is 0 Å². The first-order chi connectivity index (χ1) is 9.14. The fourth-order valence-electron chi connectivity index (χ4n) is 3.56. The third kappa shape index (κ3) is 2.34. The average Bonchev–Trinajstić information content (AvgIpc) is 2.84. The Balaban J connectivity index is 1.95. The van der Waals surface area contributed by atoms with Gasteiger partial charge in [-0.3, -0.25) is 0 Å². The van der Waals surface area contributed by atoms with E-state index in [-0.39, 0.29) is 11.7 Å². The maximum Gasteiger partial charge on any atom is 0.125 e. The van der Waals surface area contributed by atoms with Gasteiger partial charge in [0.25, 0.3) is 0 Å². The van der Waals surface area contributed by atoms with E-state index in [2.05, 4.69) is 6.92 Å². The zero-order valence-corrected chi connectivity index (χ0v) is 12.6. The molecule has 19 heavy (non-hydrogen) atoms.